The Bertz CT molecular complexity index is 682. The highest BCUT2D eigenvalue weighted by Crippen LogP contribution is 2.44. The Kier molecular flexibility index (Phi) is 3.05. The number of halogens is 1. The highest BCUT2D eigenvalue weighted by molar-refractivity contribution is 9.10. The largest absolute Gasteiger partial charge is 0.507 e. The zero-order valence-electron chi connectivity index (χ0n) is 10.9. The van der Waals surface area contributed by atoms with Crippen LogP contribution in [0.4, 0.5) is 0 Å². The molecule has 0 aromatic heterocycles. The maximum Gasteiger partial charge on any atom is 0.172 e. The molecule has 3 rings (SSSR count). The number of hydrogen-bond acceptors (Lipinski definition) is 3. The summed E-state index contributed by atoms with van der Waals surface area (Å²) in [5.41, 5.74) is 0.698. The molecule has 1 N–H and O–H groups in total. The molecule has 1 aliphatic rings. The molecule has 1 atom stereocenters. The van der Waals surface area contributed by atoms with Crippen LogP contribution >= 0.6 is 15.9 Å². The van der Waals surface area contributed by atoms with Crippen LogP contribution in [0.1, 0.15) is 29.3 Å². The van der Waals surface area contributed by atoms with Crippen molar-refractivity contribution in [3.05, 3.63) is 58.1 Å². The van der Waals surface area contributed by atoms with Crippen molar-refractivity contribution in [1.29, 1.82) is 0 Å². The number of rotatable bonds is 1. The molecule has 1 heterocycles. The van der Waals surface area contributed by atoms with Crippen LogP contribution in [0.2, 0.25) is 0 Å². The van der Waals surface area contributed by atoms with Gasteiger partial charge in [-0.15, -0.1) is 0 Å². The molecule has 1 unspecified atom stereocenters. The van der Waals surface area contributed by atoms with Crippen molar-refractivity contribution in [2.45, 2.75) is 18.9 Å². The summed E-state index contributed by atoms with van der Waals surface area (Å²) in [5, 5.41) is 9.69. The van der Waals surface area contributed by atoms with Crippen LogP contribution in [0, 0.1) is 0 Å². The van der Waals surface area contributed by atoms with Gasteiger partial charge in [-0.25, -0.2) is 0 Å². The van der Waals surface area contributed by atoms with Crippen LogP contribution in [0.5, 0.6) is 11.5 Å². The van der Waals surface area contributed by atoms with Gasteiger partial charge in [0.1, 0.15) is 17.1 Å². The first-order chi connectivity index (χ1) is 9.51. The minimum atomic E-state index is -0.679. The van der Waals surface area contributed by atoms with E-state index in [1.165, 1.54) is 6.07 Å². The Hall–Kier alpha value is -1.81. The second-order valence-electron chi connectivity index (χ2n) is 5.07. The van der Waals surface area contributed by atoms with E-state index >= 15 is 0 Å². The maximum absolute atomic E-state index is 12.4. The topological polar surface area (TPSA) is 46.5 Å². The quantitative estimate of drug-likeness (QED) is 0.857. The minimum Gasteiger partial charge on any atom is -0.507 e. The molecular formula is C16H13BrO3. The average Bonchev–Trinajstić information content (AvgIpc) is 2.43. The molecule has 2 aromatic rings. The summed E-state index contributed by atoms with van der Waals surface area (Å²) in [4.78, 5) is 12.4. The fourth-order valence-electron chi connectivity index (χ4n) is 2.52. The van der Waals surface area contributed by atoms with Crippen LogP contribution in [0.3, 0.4) is 0 Å². The van der Waals surface area contributed by atoms with E-state index in [4.69, 9.17) is 4.74 Å². The first kappa shape index (κ1) is 13.2. The van der Waals surface area contributed by atoms with Crippen molar-refractivity contribution < 1.29 is 14.6 Å². The number of hydrogen-bond donors (Lipinski definition) is 1. The first-order valence-corrected chi connectivity index (χ1v) is 7.10. The summed E-state index contributed by atoms with van der Waals surface area (Å²) in [7, 11) is 0. The molecule has 0 spiro atoms. The first-order valence-electron chi connectivity index (χ1n) is 6.30. The molecule has 0 saturated carbocycles. The Balaban J connectivity index is 2.10. The van der Waals surface area contributed by atoms with Crippen molar-refractivity contribution >= 4 is 21.7 Å². The van der Waals surface area contributed by atoms with E-state index in [0.29, 0.717) is 15.8 Å². The lowest BCUT2D eigenvalue weighted by Crippen LogP contribution is -2.36. The average molecular weight is 333 g/mol. The van der Waals surface area contributed by atoms with Crippen molar-refractivity contribution in [3.63, 3.8) is 0 Å². The predicted octanol–water partition coefficient (Wildman–Crippen LogP) is 4.04. The summed E-state index contributed by atoms with van der Waals surface area (Å²) < 4.78 is 6.45. The molecule has 20 heavy (non-hydrogen) atoms. The third kappa shape index (κ3) is 2.00. The van der Waals surface area contributed by atoms with Crippen molar-refractivity contribution in [1.82, 2.24) is 0 Å². The highest BCUT2D eigenvalue weighted by atomic mass is 79.9. The number of aromatic hydroxyl groups is 1. The molecule has 2 aromatic carbocycles. The minimum absolute atomic E-state index is 0.0413. The molecule has 0 aliphatic carbocycles. The van der Waals surface area contributed by atoms with Crippen molar-refractivity contribution in [3.8, 4) is 11.5 Å². The molecule has 0 saturated heterocycles. The smallest absolute Gasteiger partial charge is 0.172 e. The second kappa shape index (κ2) is 4.63. The molecule has 0 fully saturated rings. The van der Waals surface area contributed by atoms with E-state index in [9.17, 15) is 9.90 Å². The van der Waals surface area contributed by atoms with Crippen LogP contribution in [0.15, 0.2) is 46.9 Å². The molecule has 0 amide bonds. The number of carbonyl (C=O) groups is 1. The van der Waals surface area contributed by atoms with Gasteiger partial charge >= 0.3 is 0 Å². The standard InChI is InChI=1S/C16H13BrO3/c1-16(10-5-3-2-4-6-10)9-12(19)14-13(20-16)8-7-11(18)15(14)17/h2-8,18H,9H2,1H3. The summed E-state index contributed by atoms with van der Waals surface area (Å²) in [6, 6.07) is 12.8. The summed E-state index contributed by atoms with van der Waals surface area (Å²) in [6.07, 6.45) is 0.242. The SMILES string of the molecule is CC1(c2ccccc2)CC(=O)c2c(ccc(O)c2Br)O1. The lowest BCUT2D eigenvalue weighted by Gasteiger charge is -2.35. The van der Waals surface area contributed by atoms with Gasteiger partial charge in [-0.05, 0) is 40.5 Å². The number of ether oxygens (including phenoxy) is 1. The Morgan fingerprint density at radius 2 is 1.90 bits per heavy atom. The number of ketones is 1. The Labute approximate surface area is 125 Å². The van der Waals surface area contributed by atoms with Crippen LogP contribution in [-0.2, 0) is 5.60 Å². The third-order valence-electron chi connectivity index (χ3n) is 3.58. The second-order valence-corrected chi connectivity index (χ2v) is 5.86. The molecule has 102 valence electrons. The van der Waals surface area contributed by atoms with Crippen LogP contribution in [-0.4, -0.2) is 10.9 Å². The molecule has 0 radical (unpaired) electrons. The van der Waals surface area contributed by atoms with Gasteiger partial charge in [0.2, 0.25) is 0 Å². The number of Topliss-reactive ketones (excluding diaryl/α,β-unsaturated/α-hetero) is 1. The van der Waals surface area contributed by atoms with Gasteiger partial charge in [0.25, 0.3) is 0 Å². The number of carbonyl (C=O) groups excluding carboxylic acids is 1. The number of phenolic OH excluding ortho intramolecular Hbond substituents is 1. The van der Waals surface area contributed by atoms with E-state index < -0.39 is 5.60 Å². The Morgan fingerprint density at radius 1 is 1.20 bits per heavy atom. The third-order valence-corrected chi connectivity index (χ3v) is 4.38. The van der Waals surface area contributed by atoms with Gasteiger partial charge in [-0.3, -0.25) is 4.79 Å². The van der Waals surface area contributed by atoms with E-state index in [-0.39, 0.29) is 18.0 Å². The van der Waals surface area contributed by atoms with Gasteiger partial charge in [0.05, 0.1) is 16.5 Å². The zero-order chi connectivity index (χ0) is 14.3. The van der Waals surface area contributed by atoms with Crippen molar-refractivity contribution in [2.24, 2.45) is 0 Å². The lowest BCUT2D eigenvalue weighted by atomic mass is 9.85. The highest BCUT2D eigenvalue weighted by Gasteiger charge is 2.39. The fraction of sp³-hybridized carbons (Fsp3) is 0.188. The van der Waals surface area contributed by atoms with Crippen LogP contribution in [0.25, 0.3) is 0 Å². The van der Waals surface area contributed by atoms with E-state index in [0.717, 1.165) is 5.56 Å². The number of phenols is 1. The maximum atomic E-state index is 12.4. The fourth-order valence-corrected chi connectivity index (χ4v) is 3.07. The summed E-state index contributed by atoms with van der Waals surface area (Å²) >= 11 is 3.25. The van der Waals surface area contributed by atoms with Gasteiger partial charge in [-0.1, -0.05) is 30.3 Å². The normalized spacial score (nSPS) is 21.2. The van der Waals surface area contributed by atoms with E-state index in [2.05, 4.69) is 15.9 Å². The lowest BCUT2D eigenvalue weighted by molar-refractivity contribution is 0.0500. The van der Waals surface area contributed by atoms with Gasteiger partial charge < -0.3 is 9.84 Å². The summed E-state index contributed by atoms with van der Waals surface area (Å²) in [6.45, 7) is 1.91. The monoisotopic (exact) mass is 332 g/mol. The van der Waals surface area contributed by atoms with Gasteiger partial charge in [0.15, 0.2) is 5.78 Å². The van der Waals surface area contributed by atoms with Gasteiger partial charge in [0, 0.05) is 0 Å². The number of fused-ring (bicyclic) bond motifs is 1. The zero-order valence-corrected chi connectivity index (χ0v) is 12.5. The molecule has 0 bridgehead atoms. The van der Waals surface area contributed by atoms with Crippen molar-refractivity contribution in [2.75, 3.05) is 0 Å². The van der Waals surface area contributed by atoms with Gasteiger partial charge in [-0.2, -0.15) is 0 Å². The molecule has 3 nitrogen and oxygen atoms in total. The number of benzene rings is 2. The molecule has 4 heteroatoms. The van der Waals surface area contributed by atoms with E-state index in [1.807, 2.05) is 37.3 Å². The molecular weight excluding hydrogens is 320 g/mol. The summed E-state index contributed by atoms with van der Waals surface area (Å²) in [5.74, 6) is 0.502. The predicted molar refractivity (Wildman–Crippen MR) is 79.2 cm³/mol. The Morgan fingerprint density at radius 3 is 2.60 bits per heavy atom. The van der Waals surface area contributed by atoms with Crippen LogP contribution < -0.4 is 4.74 Å². The molecule has 1 aliphatic heterocycles. The van der Waals surface area contributed by atoms with E-state index in [1.54, 1.807) is 6.07 Å².